The summed E-state index contributed by atoms with van der Waals surface area (Å²) in [5.41, 5.74) is 0.963. The van der Waals surface area contributed by atoms with Crippen molar-refractivity contribution in [3.05, 3.63) is 61.2 Å². The molecule has 0 aliphatic heterocycles. The number of benzene rings is 2. The van der Waals surface area contributed by atoms with Gasteiger partial charge in [0.15, 0.2) is 6.61 Å². The van der Waals surface area contributed by atoms with Crippen molar-refractivity contribution >= 4 is 51.2 Å². The van der Waals surface area contributed by atoms with Crippen LogP contribution in [0.1, 0.15) is 5.56 Å². The monoisotopic (exact) mass is 494 g/mol. The molecule has 0 atom stereocenters. The molecule has 0 heterocycles. The average Bonchev–Trinajstić information content (AvgIpc) is 2.48. The highest BCUT2D eigenvalue weighted by molar-refractivity contribution is 14.1. The van der Waals surface area contributed by atoms with Gasteiger partial charge in [-0.2, -0.15) is 0 Å². The standard InChI is InChI=1S/C15H12I2O3/c16-12-7-4-8-13(15(12)17)19-10-14(18)20-9-11-5-2-1-3-6-11/h1-8H,9-10H2. The molecular weight excluding hydrogens is 482 g/mol. The summed E-state index contributed by atoms with van der Waals surface area (Å²) in [6, 6.07) is 15.3. The number of ether oxygens (including phenoxy) is 2. The first-order valence-corrected chi connectivity index (χ1v) is 8.09. The third-order valence-corrected chi connectivity index (χ3v) is 5.55. The highest BCUT2D eigenvalue weighted by Crippen LogP contribution is 2.25. The second-order valence-corrected chi connectivity index (χ2v) is 6.23. The Bertz CT molecular complexity index is 585. The van der Waals surface area contributed by atoms with E-state index in [1.807, 2.05) is 48.5 Å². The van der Waals surface area contributed by atoms with Crippen LogP contribution in [-0.4, -0.2) is 12.6 Å². The summed E-state index contributed by atoms with van der Waals surface area (Å²) in [5.74, 6) is 0.331. The van der Waals surface area contributed by atoms with E-state index in [0.29, 0.717) is 5.75 Å². The molecular formula is C15H12I2O3. The lowest BCUT2D eigenvalue weighted by molar-refractivity contribution is -0.147. The van der Waals surface area contributed by atoms with Crippen LogP contribution in [0.5, 0.6) is 5.75 Å². The first kappa shape index (κ1) is 15.6. The maximum Gasteiger partial charge on any atom is 0.344 e. The van der Waals surface area contributed by atoms with Crippen LogP contribution >= 0.6 is 45.2 Å². The molecule has 0 N–H and O–H groups in total. The predicted octanol–water partition coefficient (Wildman–Crippen LogP) is 4.02. The molecule has 0 spiro atoms. The summed E-state index contributed by atoms with van der Waals surface area (Å²) >= 11 is 4.43. The van der Waals surface area contributed by atoms with Crippen molar-refractivity contribution in [3.63, 3.8) is 0 Å². The van der Waals surface area contributed by atoms with Crippen molar-refractivity contribution in [2.24, 2.45) is 0 Å². The zero-order valence-corrected chi connectivity index (χ0v) is 14.8. The Kier molecular flexibility index (Phi) is 6.08. The predicted molar refractivity (Wildman–Crippen MR) is 93.6 cm³/mol. The van der Waals surface area contributed by atoms with Crippen LogP contribution in [-0.2, 0) is 16.1 Å². The molecule has 2 aromatic rings. The number of hydrogen-bond donors (Lipinski definition) is 0. The Balaban J connectivity index is 1.82. The fourth-order valence-electron chi connectivity index (χ4n) is 1.51. The lowest BCUT2D eigenvalue weighted by atomic mass is 10.2. The molecule has 0 bridgehead atoms. The van der Waals surface area contributed by atoms with Gasteiger partial charge >= 0.3 is 5.97 Å². The fourth-order valence-corrected chi connectivity index (χ4v) is 2.50. The van der Waals surface area contributed by atoms with Crippen LogP contribution in [0.2, 0.25) is 0 Å². The van der Waals surface area contributed by atoms with Gasteiger partial charge < -0.3 is 9.47 Å². The number of hydrogen-bond acceptors (Lipinski definition) is 3. The van der Waals surface area contributed by atoms with Gasteiger partial charge in [-0.25, -0.2) is 4.79 Å². The maximum atomic E-state index is 11.6. The van der Waals surface area contributed by atoms with Gasteiger partial charge in [-0.3, -0.25) is 0 Å². The van der Waals surface area contributed by atoms with Gasteiger partial charge in [0.1, 0.15) is 12.4 Å². The summed E-state index contributed by atoms with van der Waals surface area (Å²) in [7, 11) is 0. The van der Waals surface area contributed by atoms with Gasteiger partial charge in [0.2, 0.25) is 0 Å². The van der Waals surface area contributed by atoms with E-state index >= 15 is 0 Å². The average molecular weight is 494 g/mol. The van der Waals surface area contributed by atoms with Crippen molar-refractivity contribution in [1.29, 1.82) is 0 Å². The minimum Gasteiger partial charge on any atom is -0.481 e. The lowest BCUT2D eigenvalue weighted by Crippen LogP contribution is -2.15. The van der Waals surface area contributed by atoms with E-state index in [4.69, 9.17) is 9.47 Å². The summed E-state index contributed by atoms with van der Waals surface area (Å²) in [4.78, 5) is 11.6. The van der Waals surface area contributed by atoms with Gasteiger partial charge in [-0.1, -0.05) is 36.4 Å². The van der Waals surface area contributed by atoms with Gasteiger partial charge in [0.05, 0.1) is 3.57 Å². The van der Waals surface area contributed by atoms with E-state index in [0.717, 1.165) is 12.7 Å². The van der Waals surface area contributed by atoms with Gasteiger partial charge in [-0.15, -0.1) is 0 Å². The topological polar surface area (TPSA) is 35.5 Å². The SMILES string of the molecule is O=C(COc1cccc(I)c1I)OCc1ccccc1. The normalized spacial score (nSPS) is 10.1. The van der Waals surface area contributed by atoms with Crippen LogP contribution in [0.4, 0.5) is 0 Å². The van der Waals surface area contributed by atoms with Crippen LogP contribution < -0.4 is 4.74 Å². The Morgan fingerprint density at radius 3 is 2.50 bits per heavy atom. The second-order valence-electron chi connectivity index (χ2n) is 3.99. The highest BCUT2D eigenvalue weighted by Gasteiger charge is 2.08. The maximum absolute atomic E-state index is 11.6. The van der Waals surface area contributed by atoms with Crippen molar-refractivity contribution in [1.82, 2.24) is 0 Å². The molecule has 0 radical (unpaired) electrons. The highest BCUT2D eigenvalue weighted by atomic mass is 127. The number of esters is 1. The molecule has 0 fully saturated rings. The molecule has 0 aliphatic carbocycles. The van der Waals surface area contributed by atoms with Crippen molar-refractivity contribution in [2.45, 2.75) is 6.61 Å². The Labute approximate surface area is 144 Å². The fraction of sp³-hybridized carbons (Fsp3) is 0.133. The molecule has 5 heteroatoms. The van der Waals surface area contributed by atoms with Crippen molar-refractivity contribution in [3.8, 4) is 5.75 Å². The molecule has 3 nitrogen and oxygen atoms in total. The van der Waals surface area contributed by atoms with Gasteiger partial charge in [0.25, 0.3) is 0 Å². The molecule has 0 aliphatic rings. The van der Waals surface area contributed by atoms with E-state index in [1.54, 1.807) is 0 Å². The molecule has 20 heavy (non-hydrogen) atoms. The zero-order valence-electron chi connectivity index (χ0n) is 10.5. The van der Waals surface area contributed by atoms with E-state index in [9.17, 15) is 4.79 Å². The van der Waals surface area contributed by atoms with Gasteiger partial charge in [0, 0.05) is 3.57 Å². The first-order valence-electron chi connectivity index (χ1n) is 5.93. The Hall–Kier alpha value is -0.830. The Morgan fingerprint density at radius 2 is 1.75 bits per heavy atom. The molecule has 2 rings (SSSR count). The molecule has 0 amide bonds. The summed E-state index contributed by atoms with van der Waals surface area (Å²) < 4.78 is 12.7. The number of rotatable bonds is 5. The number of halogens is 2. The Morgan fingerprint density at radius 1 is 1.00 bits per heavy atom. The quantitative estimate of drug-likeness (QED) is 0.466. The largest absolute Gasteiger partial charge is 0.481 e. The smallest absolute Gasteiger partial charge is 0.344 e. The van der Waals surface area contributed by atoms with E-state index < -0.39 is 0 Å². The first-order chi connectivity index (χ1) is 9.66. The number of carbonyl (C=O) groups excluding carboxylic acids is 1. The summed E-state index contributed by atoms with van der Waals surface area (Å²) in [6.07, 6.45) is 0. The van der Waals surface area contributed by atoms with Crippen LogP contribution in [0.3, 0.4) is 0 Å². The minimum absolute atomic E-state index is 0.0804. The molecule has 104 valence electrons. The molecule has 0 saturated carbocycles. The third-order valence-electron chi connectivity index (χ3n) is 2.50. The van der Waals surface area contributed by atoms with E-state index in [2.05, 4.69) is 45.2 Å². The third kappa shape index (κ3) is 4.62. The summed E-state index contributed by atoms with van der Waals surface area (Å²) in [5, 5.41) is 0. The van der Waals surface area contributed by atoms with E-state index in [1.165, 1.54) is 0 Å². The van der Waals surface area contributed by atoms with Crippen LogP contribution in [0.25, 0.3) is 0 Å². The lowest BCUT2D eigenvalue weighted by Gasteiger charge is -2.09. The zero-order chi connectivity index (χ0) is 14.4. The molecule has 0 unspecified atom stereocenters. The number of carbonyl (C=O) groups is 1. The molecule has 0 saturated heterocycles. The summed E-state index contributed by atoms with van der Waals surface area (Å²) in [6.45, 7) is 0.190. The van der Waals surface area contributed by atoms with Gasteiger partial charge in [-0.05, 0) is 62.9 Å². The van der Waals surface area contributed by atoms with Crippen molar-refractivity contribution in [2.75, 3.05) is 6.61 Å². The molecule has 0 aromatic heterocycles. The van der Waals surface area contributed by atoms with Crippen LogP contribution in [0, 0.1) is 7.14 Å². The molecule has 2 aromatic carbocycles. The van der Waals surface area contributed by atoms with Crippen LogP contribution in [0.15, 0.2) is 48.5 Å². The van der Waals surface area contributed by atoms with Crippen molar-refractivity contribution < 1.29 is 14.3 Å². The minimum atomic E-state index is -0.372. The second kappa shape index (κ2) is 7.82. The van der Waals surface area contributed by atoms with E-state index in [-0.39, 0.29) is 19.2 Å².